The van der Waals surface area contributed by atoms with Crippen LogP contribution >= 0.6 is 0 Å². The molecule has 1 heterocycles. The lowest BCUT2D eigenvalue weighted by Crippen LogP contribution is -2.63. The number of ether oxygens (including phenoxy) is 1. The van der Waals surface area contributed by atoms with Crippen LogP contribution in [0.4, 0.5) is 0 Å². The molecule has 0 spiro atoms. The number of carbonyl (C=O) groups is 12. The largest absolute Gasteiger partial charge is 0.462 e. The molecule has 554 valence electrons. The van der Waals surface area contributed by atoms with Crippen molar-refractivity contribution in [2.45, 2.75) is 224 Å². The number of aliphatic hydroxyl groups is 1. The third-order valence-electron chi connectivity index (χ3n) is 17.6. The molecule has 0 fully saturated rings. The minimum atomic E-state index is -1.75. The molecule has 0 radical (unpaired) electrons. The van der Waals surface area contributed by atoms with Crippen LogP contribution in [0.1, 0.15) is 173 Å². The highest BCUT2D eigenvalue weighted by Crippen LogP contribution is 2.26. The van der Waals surface area contributed by atoms with Gasteiger partial charge in [0.15, 0.2) is 0 Å². The lowest BCUT2D eigenvalue weighted by molar-refractivity contribution is -0.157. The van der Waals surface area contributed by atoms with Crippen molar-refractivity contribution in [3.05, 3.63) is 29.6 Å². The molecule has 27 heteroatoms. The number of likely N-dealkylation sites (N-methyl/N-ethyl adjacent to an activating group) is 8. The van der Waals surface area contributed by atoms with Crippen molar-refractivity contribution in [2.24, 2.45) is 47.3 Å². The Hall–Kier alpha value is -7.71. The third-order valence-corrected chi connectivity index (χ3v) is 17.6. The van der Waals surface area contributed by atoms with Crippen LogP contribution in [0.15, 0.2) is 18.2 Å². The van der Waals surface area contributed by atoms with Crippen LogP contribution in [-0.2, 0) is 63.9 Å². The van der Waals surface area contributed by atoms with E-state index in [-0.39, 0.29) is 73.9 Å². The van der Waals surface area contributed by atoms with E-state index in [4.69, 9.17) is 9.72 Å². The Bertz CT molecular complexity index is 3020. The first kappa shape index (κ1) is 86.4. The van der Waals surface area contributed by atoms with Crippen LogP contribution in [0.3, 0.4) is 0 Å². The van der Waals surface area contributed by atoms with Crippen molar-refractivity contribution in [3.63, 3.8) is 0 Å². The van der Waals surface area contributed by atoms with E-state index in [9.17, 15) is 48.3 Å². The molecule has 11 amide bonds. The van der Waals surface area contributed by atoms with Gasteiger partial charge in [-0.25, -0.2) is 9.78 Å². The predicted octanol–water partition coefficient (Wildman–Crippen LogP) is 4.48. The highest BCUT2D eigenvalue weighted by atomic mass is 16.5. The standard InChI is InChI=1S/C71H121N13O14/c1-26-49(66(92)78(19)36-57(86)80(21)52(30-39(3)4)64(90)77-58(44(13)14)69(95)81(22)53(31-40(5)6)63(89)73-47(18)62(88)72-27-2)76-65(91)60(61(87)46(17)34-56-74-50-29-28-48(35-51(50)75-56)71(97)98-37-43(11)12)84(25)70(96)59(45(15)16)83(24)68(94)55(33-42(9)10)82(23)67(93)54(32-41(7)8)79(20)38-85/h28-29,35,38-47,49,52-55,58-61,87H,26-27,30-34,36-37H2,1-25H3,(H,72,88)(H,73,89)(H,74,75)(H,76,91)(H,77,90). The number of esters is 1. The Labute approximate surface area is 582 Å². The van der Waals surface area contributed by atoms with Crippen molar-refractivity contribution in [1.29, 1.82) is 0 Å². The normalized spacial score (nSPS) is 15.1. The van der Waals surface area contributed by atoms with Crippen molar-refractivity contribution in [1.82, 2.24) is 65.5 Å². The maximum Gasteiger partial charge on any atom is 0.338 e. The SMILES string of the molecule is CCNC(=O)C(C)NC(=O)C(CC(C)C)N(C)C(=O)C(NC(=O)C(CC(C)C)N(C)C(=O)CN(C)C(=O)C(CC)NC(=O)C(C(O)C(C)Cc1nc2ccc(C(=O)OCC(C)C)cc2[nH]1)N(C)C(=O)C(C(C)C)N(C)C(=O)C(CC(C)C)N(C)C(=O)C(CC(C)C)N(C)C=O)C(C)C. The number of aromatic nitrogens is 2. The number of hydrogen-bond acceptors (Lipinski definition) is 15. The topological polar surface area (TPSA) is 334 Å². The Morgan fingerprint density at radius 2 is 1.05 bits per heavy atom. The summed E-state index contributed by atoms with van der Waals surface area (Å²) in [5.74, 6) is -8.69. The molecule has 11 unspecified atom stereocenters. The average Bonchev–Trinajstić information content (AvgIpc) is 1.16. The number of benzene rings is 1. The zero-order chi connectivity index (χ0) is 75.2. The molecular formula is C71H121N13O14. The number of imidazole rings is 1. The van der Waals surface area contributed by atoms with Crippen molar-refractivity contribution >= 4 is 82.5 Å². The number of amides is 11. The minimum Gasteiger partial charge on any atom is -0.462 e. The van der Waals surface area contributed by atoms with Gasteiger partial charge in [0, 0.05) is 62.3 Å². The molecule has 0 saturated carbocycles. The molecule has 98 heavy (non-hydrogen) atoms. The molecule has 0 saturated heterocycles. The summed E-state index contributed by atoms with van der Waals surface area (Å²) in [6, 6.07) is -5.75. The van der Waals surface area contributed by atoms with Gasteiger partial charge >= 0.3 is 5.97 Å². The van der Waals surface area contributed by atoms with Crippen molar-refractivity contribution in [2.75, 3.05) is 69.0 Å². The highest BCUT2D eigenvalue weighted by Gasteiger charge is 2.45. The van der Waals surface area contributed by atoms with Gasteiger partial charge in [0.2, 0.25) is 65.5 Å². The maximum absolute atomic E-state index is 15.4. The summed E-state index contributed by atoms with van der Waals surface area (Å²) in [6.45, 7) is 32.4. The summed E-state index contributed by atoms with van der Waals surface area (Å²) in [7, 11) is 9.98. The number of nitrogens with one attached hydrogen (secondary N) is 5. The quantitative estimate of drug-likeness (QED) is 0.0396. The molecule has 6 N–H and O–H groups in total. The first-order valence-electron chi connectivity index (χ1n) is 34.8. The zero-order valence-electron chi connectivity index (χ0n) is 63.4. The van der Waals surface area contributed by atoms with Gasteiger partial charge in [0.1, 0.15) is 60.2 Å². The van der Waals surface area contributed by atoms with Gasteiger partial charge in [-0.3, -0.25) is 52.7 Å². The molecule has 2 aromatic rings. The molecule has 27 nitrogen and oxygen atoms in total. The smallest absolute Gasteiger partial charge is 0.338 e. The van der Waals surface area contributed by atoms with E-state index in [2.05, 4.69) is 26.3 Å². The van der Waals surface area contributed by atoms with Gasteiger partial charge in [-0.15, -0.1) is 0 Å². The number of hydrogen-bond donors (Lipinski definition) is 6. The molecule has 11 atom stereocenters. The molecule has 0 aliphatic rings. The Kier molecular flexibility index (Phi) is 35.1. The first-order chi connectivity index (χ1) is 45.5. The van der Waals surface area contributed by atoms with Crippen molar-refractivity contribution in [3.8, 4) is 0 Å². The minimum absolute atomic E-state index is 0.00335. The maximum atomic E-state index is 15.4. The molecule has 2 rings (SSSR count). The Balaban J connectivity index is 2.67. The number of rotatable bonds is 40. The van der Waals surface area contributed by atoms with E-state index >= 15 is 14.4 Å². The second-order valence-corrected chi connectivity index (χ2v) is 29.4. The molecular weight excluding hydrogens is 1260 g/mol. The fraction of sp³-hybridized carbons (Fsp3) is 0.732. The third kappa shape index (κ3) is 24.6. The van der Waals surface area contributed by atoms with Crippen LogP contribution in [0.2, 0.25) is 0 Å². The molecule has 1 aromatic carbocycles. The van der Waals surface area contributed by atoms with Crippen LogP contribution in [-0.4, -0.2) is 250 Å². The summed E-state index contributed by atoms with van der Waals surface area (Å²) in [5, 5.41) is 23.6. The van der Waals surface area contributed by atoms with E-state index in [1.807, 2.05) is 69.2 Å². The predicted molar refractivity (Wildman–Crippen MR) is 376 cm³/mol. The summed E-state index contributed by atoms with van der Waals surface area (Å²) in [4.78, 5) is 186. The zero-order valence-corrected chi connectivity index (χ0v) is 63.4. The van der Waals surface area contributed by atoms with Gasteiger partial charge in [-0.05, 0) is 111 Å². The number of fused-ring (bicyclic) bond motifs is 1. The van der Waals surface area contributed by atoms with Gasteiger partial charge < -0.3 is 70.4 Å². The fourth-order valence-electron chi connectivity index (χ4n) is 11.8. The molecule has 1 aromatic heterocycles. The van der Waals surface area contributed by atoms with Crippen LogP contribution in [0.5, 0.6) is 0 Å². The first-order valence-corrected chi connectivity index (χ1v) is 34.8. The Morgan fingerprint density at radius 3 is 1.55 bits per heavy atom. The fourth-order valence-corrected chi connectivity index (χ4v) is 11.8. The van der Waals surface area contributed by atoms with Gasteiger partial charge in [-0.2, -0.15) is 0 Å². The molecule has 0 aliphatic heterocycles. The summed E-state index contributed by atoms with van der Waals surface area (Å²) < 4.78 is 5.44. The van der Waals surface area contributed by atoms with Crippen LogP contribution in [0, 0.1) is 47.3 Å². The summed E-state index contributed by atoms with van der Waals surface area (Å²) >= 11 is 0. The van der Waals surface area contributed by atoms with Gasteiger partial charge in [0.05, 0.1) is 35.9 Å². The second kappa shape index (κ2) is 39.8. The lowest BCUT2D eigenvalue weighted by atomic mass is 9.91. The Morgan fingerprint density at radius 1 is 0.551 bits per heavy atom. The number of aromatic amines is 1. The van der Waals surface area contributed by atoms with E-state index in [1.165, 1.54) is 73.8 Å². The van der Waals surface area contributed by atoms with Gasteiger partial charge in [0.25, 0.3) is 0 Å². The van der Waals surface area contributed by atoms with Crippen LogP contribution in [0.25, 0.3) is 11.0 Å². The number of nitrogens with zero attached hydrogens (tertiary/aromatic N) is 8. The average molecular weight is 1380 g/mol. The number of H-pyrrole nitrogens is 1. The number of carbonyl (C=O) groups excluding carboxylic acids is 12. The second-order valence-electron chi connectivity index (χ2n) is 29.4. The van der Waals surface area contributed by atoms with Crippen molar-refractivity contribution < 1.29 is 67.4 Å². The summed E-state index contributed by atoms with van der Waals surface area (Å²) in [6.07, 6.45) is -0.270. The highest BCUT2D eigenvalue weighted by molar-refractivity contribution is 5.99. The van der Waals surface area contributed by atoms with E-state index in [0.29, 0.717) is 36.2 Å². The lowest BCUT2D eigenvalue weighted by Gasteiger charge is -2.41. The van der Waals surface area contributed by atoms with E-state index < -0.39 is 150 Å². The number of aliphatic hydroxyl groups excluding tert-OH is 1. The molecule has 0 bridgehead atoms. The summed E-state index contributed by atoms with van der Waals surface area (Å²) in [5.41, 5.74) is 1.28. The van der Waals surface area contributed by atoms with E-state index in [1.54, 1.807) is 73.6 Å². The van der Waals surface area contributed by atoms with Crippen LogP contribution < -0.4 is 21.3 Å². The monoisotopic (exact) mass is 1380 g/mol. The van der Waals surface area contributed by atoms with E-state index in [0.717, 1.165) is 9.80 Å². The molecule has 0 aliphatic carbocycles. The van der Waals surface area contributed by atoms with Gasteiger partial charge in [-0.1, -0.05) is 111 Å².